The monoisotopic (exact) mass is 427 g/mol. The van der Waals surface area contributed by atoms with E-state index in [0.29, 0.717) is 25.4 Å². The Morgan fingerprint density at radius 2 is 2.00 bits per heavy atom. The molecule has 8 heteroatoms. The van der Waals surface area contributed by atoms with Crippen molar-refractivity contribution in [2.24, 2.45) is 11.7 Å². The van der Waals surface area contributed by atoms with Crippen molar-refractivity contribution in [1.82, 2.24) is 20.1 Å². The molecule has 0 unspecified atom stereocenters. The van der Waals surface area contributed by atoms with Crippen molar-refractivity contribution in [2.75, 3.05) is 20.1 Å². The van der Waals surface area contributed by atoms with Gasteiger partial charge in [-0.05, 0) is 56.1 Å². The van der Waals surface area contributed by atoms with Crippen LogP contribution in [0.4, 0.5) is 0 Å². The maximum absolute atomic E-state index is 13.6. The lowest BCUT2D eigenvalue weighted by atomic mass is 9.86. The SMILES string of the molecule is CN1C(=O)C[C@@H](c2cccnc2)[C@@H]1C(=O)N1CCC[C@H]1C(=O)NCC1CCC(N)CC1. The van der Waals surface area contributed by atoms with E-state index in [-0.39, 0.29) is 36.1 Å². The number of amides is 3. The lowest BCUT2D eigenvalue weighted by molar-refractivity contribution is -0.144. The van der Waals surface area contributed by atoms with Crippen LogP contribution in [0.15, 0.2) is 24.5 Å². The zero-order valence-corrected chi connectivity index (χ0v) is 18.2. The third kappa shape index (κ3) is 4.59. The van der Waals surface area contributed by atoms with Crippen LogP contribution in [0.1, 0.15) is 56.4 Å². The largest absolute Gasteiger partial charge is 0.354 e. The number of carbonyl (C=O) groups excluding carboxylic acids is 3. The molecular formula is C23H33N5O3. The molecule has 3 atom stereocenters. The Bertz CT molecular complexity index is 809. The van der Waals surface area contributed by atoms with Gasteiger partial charge in [0.25, 0.3) is 0 Å². The predicted octanol–water partition coefficient (Wildman–Crippen LogP) is 1.02. The average molecular weight is 428 g/mol. The number of hydrogen-bond donors (Lipinski definition) is 2. The molecule has 0 radical (unpaired) electrons. The number of nitrogens with one attached hydrogen (secondary N) is 1. The van der Waals surface area contributed by atoms with E-state index in [1.165, 1.54) is 0 Å². The number of pyridine rings is 1. The minimum Gasteiger partial charge on any atom is -0.354 e. The van der Waals surface area contributed by atoms with Crippen LogP contribution in [0.2, 0.25) is 0 Å². The second-order valence-corrected chi connectivity index (χ2v) is 9.26. The molecule has 3 heterocycles. The molecule has 0 spiro atoms. The van der Waals surface area contributed by atoms with Gasteiger partial charge in [-0.2, -0.15) is 0 Å². The summed E-state index contributed by atoms with van der Waals surface area (Å²) >= 11 is 0. The summed E-state index contributed by atoms with van der Waals surface area (Å²) in [6.45, 7) is 1.19. The minimum atomic E-state index is -0.593. The molecule has 8 nitrogen and oxygen atoms in total. The van der Waals surface area contributed by atoms with Crippen LogP contribution in [-0.2, 0) is 14.4 Å². The van der Waals surface area contributed by atoms with Gasteiger partial charge in [0.2, 0.25) is 17.7 Å². The van der Waals surface area contributed by atoms with Crippen molar-refractivity contribution >= 4 is 17.7 Å². The second kappa shape index (κ2) is 9.34. The van der Waals surface area contributed by atoms with Crippen LogP contribution in [0.3, 0.4) is 0 Å². The second-order valence-electron chi connectivity index (χ2n) is 9.26. The Balaban J connectivity index is 1.42. The first-order valence-corrected chi connectivity index (χ1v) is 11.4. The molecule has 0 bridgehead atoms. The summed E-state index contributed by atoms with van der Waals surface area (Å²) in [5, 5.41) is 3.08. The van der Waals surface area contributed by atoms with Crippen LogP contribution in [-0.4, -0.2) is 70.8 Å². The van der Waals surface area contributed by atoms with Gasteiger partial charge in [-0.25, -0.2) is 0 Å². The first-order chi connectivity index (χ1) is 15.0. The molecular weight excluding hydrogens is 394 g/mol. The fraction of sp³-hybridized carbons (Fsp3) is 0.652. The summed E-state index contributed by atoms with van der Waals surface area (Å²) in [6, 6.07) is 2.97. The quantitative estimate of drug-likeness (QED) is 0.729. The summed E-state index contributed by atoms with van der Waals surface area (Å²) in [5.41, 5.74) is 6.86. The van der Waals surface area contributed by atoms with Crippen molar-refractivity contribution in [2.45, 2.75) is 69.0 Å². The lowest BCUT2D eigenvalue weighted by Crippen LogP contribution is -2.53. The molecule has 2 aliphatic heterocycles. The van der Waals surface area contributed by atoms with E-state index < -0.39 is 12.1 Å². The molecule has 1 saturated carbocycles. The van der Waals surface area contributed by atoms with Crippen LogP contribution in [0, 0.1) is 5.92 Å². The Hall–Kier alpha value is -2.48. The number of carbonyl (C=O) groups is 3. The predicted molar refractivity (Wildman–Crippen MR) is 116 cm³/mol. The molecule has 1 aliphatic carbocycles. The van der Waals surface area contributed by atoms with E-state index in [4.69, 9.17) is 5.73 Å². The van der Waals surface area contributed by atoms with E-state index in [9.17, 15) is 14.4 Å². The van der Waals surface area contributed by atoms with Gasteiger partial charge in [0.1, 0.15) is 12.1 Å². The summed E-state index contributed by atoms with van der Waals surface area (Å²) in [6.07, 6.45) is 9.24. The number of nitrogens with two attached hydrogens (primary N) is 1. The number of likely N-dealkylation sites (tertiary alicyclic amines) is 2. The highest BCUT2D eigenvalue weighted by Crippen LogP contribution is 2.35. The topological polar surface area (TPSA) is 109 Å². The number of nitrogens with zero attached hydrogens (tertiary/aromatic N) is 3. The number of rotatable bonds is 5. The van der Waals surface area contributed by atoms with Crippen LogP contribution >= 0.6 is 0 Å². The molecule has 168 valence electrons. The van der Waals surface area contributed by atoms with Gasteiger partial charge in [-0.3, -0.25) is 19.4 Å². The third-order valence-corrected chi connectivity index (χ3v) is 7.25. The average Bonchev–Trinajstić information content (AvgIpc) is 3.39. The zero-order valence-electron chi connectivity index (χ0n) is 18.2. The Labute approximate surface area is 183 Å². The highest BCUT2D eigenvalue weighted by Gasteiger charge is 2.47. The molecule has 2 saturated heterocycles. The molecule has 3 amide bonds. The maximum atomic E-state index is 13.6. The van der Waals surface area contributed by atoms with Crippen molar-refractivity contribution < 1.29 is 14.4 Å². The smallest absolute Gasteiger partial charge is 0.246 e. The molecule has 4 rings (SSSR count). The summed E-state index contributed by atoms with van der Waals surface area (Å²) in [7, 11) is 1.68. The Morgan fingerprint density at radius 3 is 2.71 bits per heavy atom. The van der Waals surface area contributed by atoms with Crippen LogP contribution in [0.25, 0.3) is 0 Å². The number of likely N-dealkylation sites (N-methyl/N-ethyl adjacent to an activating group) is 1. The van der Waals surface area contributed by atoms with Gasteiger partial charge in [0.05, 0.1) is 0 Å². The molecule has 1 aromatic heterocycles. The highest BCUT2D eigenvalue weighted by molar-refractivity contribution is 5.95. The number of aromatic nitrogens is 1. The van der Waals surface area contributed by atoms with Crippen molar-refractivity contribution in [3.63, 3.8) is 0 Å². The van der Waals surface area contributed by atoms with Crippen LogP contribution in [0.5, 0.6) is 0 Å². The summed E-state index contributed by atoms with van der Waals surface area (Å²) < 4.78 is 0. The van der Waals surface area contributed by atoms with Gasteiger partial charge in [0.15, 0.2) is 0 Å². The van der Waals surface area contributed by atoms with Gasteiger partial charge in [-0.1, -0.05) is 6.07 Å². The Morgan fingerprint density at radius 1 is 1.23 bits per heavy atom. The fourth-order valence-corrected chi connectivity index (χ4v) is 5.33. The van der Waals surface area contributed by atoms with Crippen molar-refractivity contribution in [3.8, 4) is 0 Å². The molecule has 3 aliphatic rings. The first kappa shape index (κ1) is 21.7. The van der Waals surface area contributed by atoms with Crippen molar-refractivity contribution in [3.05, 3.63) is 30.1 Å². The summed E-state index contributed by atoms with van der Waals surface area (Å²) in [5.74, 6) is -0.0469. The minimum absolute atomic E-state index is 0.0529. The van der Waals surface area contributed by atoms with Gasteiger partial charge in [-0.15, -0.1) is 0 Å². The molecule has 31 heavy (non-hydrogen) atoms. The number of hydrogen-bond acceptors (Lipinski definition) is 5. The highest BCUT2D eigenvalue weighted by atomic mass is 16.2. The third-order valence-electron chi connectivity index (χ3n) is 7.25. The van der Waals surface area contributed by atoms with Crippen LogP contribution < -0.4 is 11.1 Å². The Kier molecular flexibility index (Phi) is 6.55. The maximum Gasteiger partial charge on any atom is 0.246 e. The van der Waals surface area contributed by atoms with Gasteiger partial charge in [0, 0.05) is 50.9 Å². The fourth-order valence-electron chi connectivity index (χ4n) is 5.33. The summed E-state index contributed by atoms with van der Waals surface area (Å²) in [4.78, 5) is 46.4. The molecule has 0 aromatic carbocycles. The van der Waals surface area contributed by atoms with E-state index in [2.05, 4.69) is 10.3 Å². The molecule has 1 aromatic rings. The molecule has 3 fully saturated rings. The van der Waals surface area contributed by atoms with Gasteiger partial charge < -0.3 is 20.9 Å². The van der Waals surface area contributed by atoms with E-state index in [0.717, 1.165) is 37.7 Å². The standard InChI is InChI=1S/C23H33N5O3/c1-27-20(29)12-18(16-4-2-10-25-14-16)21(27)23(31)28-11-3-5-19(28)22(30)26-13-15-6-8-17(24)9-7-15/h2,4,10,14-15,17-19,21H,3,5-9,11-13,24H2,1H3,(H,26,30)/t15?,17?,18-,19-,21+/m0/s1. The first-order valence-electron chi connectivity index (χ1n) is 11.4. The lowest BCUT2D eigenvalue weighted by Gasteiger charge is -2.32. The van der Waals surface area contributed by atoms with E-state index in [1.807, 2.05) is 12.1 Å². The van der Waals surface area contributed by atoms with Gasteiger partial charge >= 0.3 is 0 Å². The van der Waals surface area contributed by atoms with E-state index >= 15 is 0 Å². The van der Waals surface area contributed by atoms with E-state index in [1.54, 1.807) is 29.2 Å². The molecule has 3 N–H and O–H groups in total. The normalized spacial score (nSPS) is 31.2. The zero-order chi connectivity index (χ0) is 22.0. The van der Waals surface area contributed by atoms with Crippen molar-refractivity contribution in [1.29, 1.82) is 0 Å².